The number of benzene rings is 1. The maximum atomic E-state index is 12.2. The van der Waals surface area contributed by atoms with Crippen molar-refractivity contribution in [1.82, 2.24) is 20.2 Å². The predicted octanol–water partition coefficient (Wildman–Crippen LogP) is 2.34. The van der Waals surface area contributed by atoms with Crippen molar-refractivity contribution in [1.29, 1.82) is 0 Å². The minimum atomic E-state index is -0.357. The van der Waals surface area contributed by atoms with Crippen LogP contribution in [0.4, 0.5) is 5.95 Å². The lowest BCUT2D eigenvalue weighted by molar-refractivity contribution is -0.114. The molecule has 1 N–H and O–H groups in total. The molecule has 0 bridgehead atoms. The Balaban J connectivity index is 2.07. The zero-order valence-electron chi connectivity index (χ0n) is 13.4. The van der Waals surface area contributed by atoms with Gasteiger partial charge >= 0.3 is 0 Å². The maximum Gasteiger partial charge on any atom is 0.248 e. The molecule has 23 heavy (non-hydrogen) atoms. The summed E-state index contributed by atoms with van der Waals surface area (Å²) < 4.78 is 7.33. The smallest absolute Gasteiger partial charge is 0.248 e. The fourth-order valence-electron chi connectivity index (χ4n) is 2.77. The van der Waals surface area contributed by atoms with Crippen LogP contribution in [0.3, 0.4) is 0 Å². The third kappa shape index (κ3) is 2.81. The van der Waals surface area contributed by atoms with Crippen LogP contribution in [-0.4, -0.2) is 32.6 Å². The summed E-state index contributed by atoms with van der Waals surface area (Å²) in [4.78, 5) is 12.2. The highest BCUT2D eigenvalue weighted by Crippen LogP contribution is 2.35. The number of ketones is 1. The molecule has 1 aliphatic heterocycles. The van der Waals surface area contributed by atoms with Gasteiger partial charge in [-0.2, -0.15) is 4.68 Å². The van der Waals surface area contributed by atoms with Crippen molar-refractivity contribution in [2.45, 2.75) is 33.2 Å². The van der Waals surface area contributed by atoms with E-state index in [0.717, 1.165) is 23.4 Å². The lowest BCUT2D eigenvalue weighted by Gasteiger charge is -2.27. The van der Waals surface area contributed by atoms with Crippen LogP contribution < -0.4 is 10.1 Å². The van der Waals surface area contributed by atoms with Crippen molar-refractivity contribution in [3.8, 4) is 5.75 Å². The average Bonchev–Trinajstić information content (AvgIpc) is 2.99. The molecular formula is C16H19N5O2. The molecule has 0 fully saturated rings. The van der Waals surface area contributed by atoms with Crippen LogP contribution in [0.5, 0.6) is 5.75 Å². The van der Waals surface area contributed by atoms with Crippen LogP contribution in [0.1, 0.15) is 38.8 Å². The third-order valence-electron chi connectivity index (χ3n) is 3.74. The van der Waals surface area contributed by atoms with E-state index < -0.39 is 0 Å². The minimum Gasteiger partial charge on any atom is -0.494 e. The van der Waals surface area contributed by atoms with E-state index in [1.54, 1.807) is 11.6 Å². The lowest BCUT2D eigenvalue weighted by atomic mass is 9.93. The Bertz CT molecular complexity index is 765. The first-order valence-electron chi connectivity index (χ1n) is 7.61. The molecule has 3 rings (SSSR count). The summed E-state index contributed by atoms with van der Waals surface area (Å²) in [5.74, 6) is 1.29. The summed E-state index contributed by atoms with van der Waals surface area (Å²) in [6.45, 7) is 6.13. The number of aromatic nitrogens is 4. The van der Waals surface area contributed by atoms with Crippen molar-refractivity contribution in [2.75, 3.05) is 11.9 Å². The molecule has 1 aromatic carbocycles. The molecule has 120 valence electrons. The zero-order valence-corrected chi connectivity index (χ0v) is 13.4. The van der Waals surface area contributed by atoms with Gasteiger partial charge in [-0.3, -0.25) is 4.79 Å². The molecule has 0 spiro atoms. The minimum absolute atomic E-state index is 0.0129. The number of ether oxygens (including phenoxy) is 1. The molecule has 1 unspecified atom stereocenters. The SMILES string of the molecule is CCCOc1cccc(C2C(C(C)=O)=C(C)Nc3nnnn32)c1. The van der Waals surface area contributed by atoms with E-state index in [0.29, 0.717) is 18.1 Å². The second kappa shape index (κ2) is 6.20. The number of hydrogen-bond acceptors (Lipinski definition) is 6. The van der Waals surface area contributed by atoms with E-state index >= 15 is 0 Å². The Morgan fingerprint density at radius 3 is 3.00 bits per heavy atom. The Kier molecular flexibility index (Phi) is 4.10. The van der Waals surface area contributed by atoms with E-state index in [2.05, 4.69) is 27.8 Å². The lowest BCUT2D eigenvalue weighted by Crippen LogP contribution is -2.27. The molecule has 1 aromatic heterocycles. The first-order chi connectivity index (χ1) is 11.1. The molecule has 2 heterocycles. The highest BCUT2D eigenvalue weighted by atomic mass is 16.5. The normalized spacial score (nSPS) is 16.7. The number of anilines is 1. The number of fused-ring (bicyclic) bond motifs is 1. The van der Waals surface area contributed by atoms with Gasteiger partial charge in [0.2, 0.25) is 5.95 Å². The van der Waals surface area contributed by atoms with Crippen LogP contribution in [0.15, 0.2) is 35.5 Å². The van der Waals surface area contributed by atoms with Crippen LogP contribution in [0, 0.1) is 0 Å². The largest absolute Gasteiger partial charge is 0.494 e. The molecule has 7 heteroatoms. The number of carbonyl (C=O) groups is 1. The van der Waals surface area contributed by atoms with Gasteiger partial charge in [0.15, 0.2) is 5.78 Å². The monoisotopic (exact) mass is 313 g/mol. The van der Waals surface area contributed by atoms with Gasteiger partial charge in [-0.25, -0.2) is 0 Å². The average molecular weight is 313 g/mol. The summed E-state index contributed by atoms with van der Waals surface area (Å²) in [6, 6.07) is 7.36. The molecule has 0 saturated carbocycles. The number of rotatable bonds is 5. The summed E-state index contributed by atoms with van der Waals surface area (Å²) in [6.07, 6.45) is 0.937. The third-order valence-corrected chi connectivity index (χ3v) is 3.74. The van der Waals surface area contributed by atoms with Gasteiger partial charge in [-0.1, -0.05) is 24.2 Å². The molecule has 2 aromatic rings. The molecular weight excluding hydrogens is 294 g/mol. The van der Waals surface area contributed by atoms with Gasteiger partial charge in [0.05, 0.1) is 6.61 Å². The number of Topliss-reactive ketones (excluding diaryl/α,β-unsaturated/α-hetero) is 1. The zero-order chi connectivity index (χ0) is 16.4. The summed E-state index contributed by atoms with van der Waals surface area (Å²) in [5, 5.41) is 14.8. The second-order valence-electron chi connectivity index (χ2n) is 5.49. The summed E-state index contributed by atoms with van der Waals surface area (Å²) >= 11 is 0. The van der Waals surface area contributed by atoms with E-state index in [4.69, 9.17) is 4.74 Å². The molecule has 0 saturated heterocycles. The Hall–Kier alpha value is -2.70. The molecule has 0 aliphatic carbocycles. The first kappa shape index (κ1) is 15.2. The van der Waals surface area contributed by atoms with Crippen molar-refractivity contribution in [3.63, 3.8) is 0 Å². The highest BCUT2D eigenvalue weighted by Gasteiger charge is 2.32. The Morgan fingerprint density at radius 1 is 1.43 bits per heavy atom. The van der Waals surface area contributed by atoms with Crippen molar-refractivity contribution >= 4 is 11.7 Å². The van der Waals surface area contributed by atoms with Gasteiger partial charge < -0.3 is 10.1 Å². The van der Waals surface area contributed by atoms with Crippen LogP contribution in [-0.2, 0) is 4.79 Å². The van der Waals surface area contributed by atoms with Gasteiger partial charge in [0.1, 0.15) is 11.8 Å². The number of hydrogen-bond donors (Lipinski definition) is 1. The number of allylic oxidation sites excluding steroid dienone is 2. The quantitative estimate of drug-likeness (QED) is 0.912. The fourth-order valence-corrected chi connectivity index (χ4v) is 2.77. The highest BCUT2D eigenvalue weighted by molar-refractivity contribution is 5.96. The van der Waals surface area contributed by atoms with Crippen molar-refractivity contribution < 1.29 is 9.53 Å². The topological polar surface area (TPSA) is 81.9 Å². The molecule has 7 nitrogen and oxygen atoms in total. The van der Waals surface area contributed by atoms with Crippen LogP contribution in [0.2, 0.25) is 0 Å². The number of nitrogens with zero attached hydrogens (tertiary/aromatic N) is 4. The maximum absolute atomic E-state index is 12.2. The van der Waals surface area contributed by atoms with E-state index in [9.17, 15) is 4.79 Å². The summed E-state index contributed by atoms with van der Waals surface area (Å²) in [5.41, 5.74) is 2.33. The van der Waals surface area contributed by atoms with Crippen molar-refractivity contribution in [2.24, 2.45) is 0 Å². The van der Waals surface area contributed by atoms with Gasteiger partial charge in [-0.05, 0) is 48.4 Å². The van der Waals surface area contributed by atoms with E-state index in [-0.39, 0.29) is 11.8 Å². The predicted molar refractivity (Wildman–Crippen MR) is 85.2 cm³/mol. The second-order valence-corrected chi connectivity index (χ2v) is 5.49. The van der Waals surface area contributed by atoms with Crippen molar-refractivity contribution in [3.05, 3.63) is 41.1 Å². The van der Waals surface area contributed by atoms with Crippen LogP contribution >= 0.6 is 0 Å². The van der Waals surface area contributed by atoms with Gasteiger partial charge in [-0.15, -0.1) is 0 Å². The standard InChI is InChI=1S/C16H19N5O2/c1-4-8-23-13-7-5-6-12(9-13)15-14(11(3)22)10(2)17-16-18-19-20-21(15)16/h5-7,9,15H,4,8H2,1-3H3,(H,17,18,20). The number of tetrazole rings is 1. The fraction of sp³-hybridized carbons (Fsp3) is 0.375. The molecule has 0 amide bonds. The first-order valence-corrected chi connectivity index (χ1v) is 7.61. The summed E-state index contributed by atoms with van der Waals surface area (Å²) in [7, 11) is 0. The number of nitrogens with one attached hydrogen (secondary N) is 1. The van der Waals surface area contributed by atoms with E-state index in [1.165, 1.54) is 0 Å². The Labute approximate surface area is 134 Å². The van der Waals surface area contributed by atoms with Gasteiger partial charge in [0, 0.05) is 11.3 Å². The van der Waals surface area contributed by atoms with E-state index in [1.807, 2.05) is 31.2 Å². The Morgan fingerprint density at radius 2 is 2.26 bits per heavy atom. The van der Waals surface area contributed by atoms with Gasteiger partial charge in [0.25, 0.3) is 0 Å². The molecule has 0 radical (unpaired) electrons. The molecule has 1 atom stereocenters. The number of carbonyl (C=O) groups excluding carboxylic acids is 1. The van der Waals surface area contributed by atoms with Crippen LogP contribution in [0.25, 0.3) is 0 Å². The molecule has 1 aliphatic rings.